The summed E-state index contributed by atoms with van der Waals surface area (Å²) in [5.74, 6) is -1.17. The Morgan fingerprint density at radius 2 is 1.23 bits per heavy atom. The maximum atomic E-state index is 13.0. The average molecular weight is 461 g/mol. The largest absolute Gasteiger partial charge is 0.416 e. The van der Waals surface area contributed by atoms with Crippen LogP contribution in [-0.2, 0) is 32.7 Å². The van der Waals surface area contributed by atoms with Gasteiger partial charge in [-0.3, -0.25) is 0 Å². The van der Waals surface area contributed by atoms with Gasteiger partial charge in [0.2, 0.25) is 0 Å². The van der Waals surface area contributed by atoms with Crippen LogP contribution >= 0.6 is 0 Å². The minimum Gasteiger partial charge on any atom is -0.380 e. The Morgan fingerprint density at radius 1 is 0.767 bits per heavy atom. The van der Waals surface area contributed by atoms with Gasteiger partial charge in [-0.25, -0.2) is 0 Å². The van der Waals surface area contributed by atoms with Gasteiger partial charge < -0.3 is 13.9 Å². The molecular formula is C20H30F6O3Si. The van der Waals surface area contributed by atoms with E-state index in [4.69, 9.17) is 13.9 Å². The fraction of sp³-hybridized carbons (Fsp3) is 0.700. The second-order valence-corrected chi connectivity index (χ2v) is 8.10. The van der Waals surface area contributed by atoms with Gasteiger partial charge in [0.15, 0.2) is 10.5 Å². The van der Waals surface area contributed by atoms with Gasteiger partial charge in [-0.1, -0.05) is 6.42 Å². The van der Waals surface area contributed by atoms with Crippen LogP contribution in [-0.4, -0.2) is 28.7 Å². The second-order valence-electron chi connectivity index (χ2n) is 7.70. The molecule has 174 valence electrons. The predicted octanol–water partition coefficient (Wildman–Crippen LogP) is 5.63. The van der Waals surface area contributed by atoms with Gasteiger partial charge in [-0.05, 0) is 70.7 Å². The van der Waals surface area contributed by atoms with Crippen LogP contribution in [0.25, 0.3) is 0 Å². The second kappa shape index (κ2) is 11.0. The van der Waals surface area contributed by atoms with Crippen molar-refractivity contribution in [3.05, 3.63) is 34.9 Å². The summed E-state index contributed by atoms with van der Waals surface area (Å²) < 4.78 is 94.9. The molecule has 30 heavy (non-hydrogen) atoms. The Kier molecular flexibility index (Phi) is 9.85. The van der Waals surface area contributed by atoms with Crippen LogP contribution < -0.4 is 0 Å². The molecule has 0 unspecified atom stereocenters. The van der Waals surface area contributed by atoms with E-state index >= 15 is 0 Å². The number of hydrogen-bond donors (Lipinski definition) is 0. The molecular weight excluding hydrogens is 430 g/mol. The number of hydrogen-bond acceptors (Lipinski definition) is 3. The molecule has 0 fully saturated rings. The normalized spacial score (nSPS) is 13.6. The van der Waals surface area contributed by atoms with Gasteiger partial charge in [0, 0.05) is 6.42 Å². The standard InChI is InChI=1S/C20H30F6O3Si/c1-13(2)27-18(29-30,28-14(3)4)9-7-5-6-8-15-10-16(19(21,22)23)12-17(11-15)20(24,25)26/h10-14H,5-9H2,1-4,30H3. The fourth-order valence-corrected chi connectivity index (χ4v) is 3.47. The molecule has 0 spiro atoms. The van der Waals surface area contributed by atoms with Crippen molar-refractivity contribution < 1.29 is 40.2 Å². The Balaban J connectivity index is 2.76. The Hall–Kier alpha value is -1.10. The Labute approximate surface area is 176 Å². The zero-order chi connectivity index (χ0) is 23.2. The van der Waals surface area contributed by atoms with E-state index in [1.807, 2.05) is 27.7 Å². The SMILES string of the molecule is CC(C)OC(CCCCCc1cc(C(F)(F)F)cc(C(F)(F)F)c1)(O[SiH3])OC(C)C. The summed E-state index contributed by atoms with van der Waals surface area (Å²) in [5.41, 5.74) is -2.56. The number of aryl methyl sites for hydroxylation is 1. The fourth-order valence-electron chi connectivity index (χ4n) is 3.07. The highest BCUT2D eigenvalue weighted by Gasteiger charge is 2.37. The lowest BCUT2D eigenvalue weighted by Gasteiger charge is -2.36. The van der Waals surface area contributed by atoms with Gasteiger partial charge in [0.1, 0.15) is 0 Å². The van der Waals surface area contributed by atoms with Crippen LogP contribution in [0.4, 0.5) is 26.3 Å². The first-order chi connectivity index (χ1) is 13.7. The van der Waals surface area contributed by atoms with Crippen molar-refractivity contribution in [2.75, 3.05) is 0 Å². The molecule has 0 bridgehead atoms. The van der Waals surface area contributed by atoms with Gasteiger partial charge in [-0.2, -0.15) is 26.3 Å². The first-order valence-electron chi connectivity index (χ1n) is 9.87. The molecule has 1 rings (SSSR count). The monoisotopic (exact) mass is 460 g/mol. The third kappa shape index (κ3) is 8.95. The molecule has 0 aliphatic carbocycles. The van der Waals surface area contributed by atoms with E-state index in [9.17, 15) is 26.3 Å². The molecule has 10 heteroatoms. The molecule has 0 amide bonds. The number of halogens is 6. The third-order valence-electron chi connectivity index (χ3n) is 4.24. The van der Waals surface area contributed by atoms with Gasteiger partial charge >= 0.3 is 12.4 Å². The molecule has 0 aromatic heterocycles. The van der Waals surface area contributed by atoms with E-state index in [1.54, 1.807) is 0 Å². The lowest BCUT2D eigenvalue weighted by Crippen LogP contribution is -2.42. The minimum atomic E-state index is -4.83. The summed E-state index contributed by atoms with van der Waals surface area (Å²) >= 11 is 0. The lowest BCUT2D eigenvalue weighted by atomic mass is 10.00. The Morgan fingerprint density at radius 3 is 1.60 bits per heavy atom. The van der Waals surface area contributed by atoms with Crippen molar-refractivity contribution >= 4 is 10.5 Å². The van der Waals surface area contributed by atoms with E-state index in [0.717, 1.165) is 12.1 Å². The maximum Gasteiger partial charge on any atom is 0.416 e. The highest BCUT2D eigenvalue weighted by atomic mass is 28.2. The van der Waals surface area contributed by atoms with Crippen LogP contribution in [0.1, 0.15) is 70.1 Å². The van der Waals surface area contributed by atoms with E-state index in [0.29, 0.717) is 36.2 Å². The van der Waals surface area contributed by atoms with Crippen molar-refractivity contribution in [2.45, 2.75) is 90.3 Å². The Bertz CT molecular complexity index is 617. The van der Waals surface area contributed by atoms with Crippen LogP contribution in [0.3, 0.4) is 0 Å². The quantitative estimate of drug-likeness (QED) is 0.185. The van der Waals surface area contributed by atoms with E-state index in [-0.39, 0.29) is 30.3 Å². The van der Waals surface area contributed by atoms with E-state index in [2.05, 4.69) is 0 Å². The molecule has 0 heterocycles. The number of alkyl halides is 6. The number of rotatable bonds is 11. The lowest BCUT2D eigenvalue weighted by molar-refractivity contribution is -0.369. The van der Waals surface area contributed by atoms with Gasteiger partial charge in [0.05, 0.1) is 23.3 Å². The number of benzene rings is 1. The molecule has 0 N–H and O–H groups in total. The van der Waals surface area contributed by atoms with Gasteiger partial charge in [-0.15, -0.1) is 0 Å². The highest BCUT2D eigenvalue weighted by Crippen LogP contribution is 2.36. The van der Waals surface area contributed by atoms with Crippen molar-refractivity contribution in [1.82, 2.24) is 0 Å². The van der Waals surface area contributed by atoms with E-state index < -0.39 is 29.5 Å². The van der Waals surface area contributed by atoms with Crippen molar-refractivity contribution in [3.8, 4) is 0 Å². The maximum absolute atomic E-state index is 13.0. The minimum absolute atomic E-state index is 0.0134. The molecule has 1 aromatic rings. The summed E-state index contributed by atoms with van der Waals surface area (Å²) in [6, 6.07) is 1.71. The highest BCUT2D eigenvalue weighted by molar-refractivity contribution is 5.98. The number of ether oxygens (including phenoxy) is 2. The topological polar surface area (TPSA) is 27.7 Å². The van der Waals surface area contributed by atoms with Crippen LogP contribution in [0.2, 0.25) is 0 Å². The molecule has 0 radical (unpaired) electrons. The first-order valence-corrected chi connectivity index (χ1v) is 10.7. The van der Waals surface area contributed by atoms with E-state index in [1.165, 1.54) is 0 Å². The van der Waals surface area contributed by atoms with Crippen LogP contribution in [0.15, 0.2) is 18.2 Å². The summed E-state index contributed by atoms with van der Waals surface area (Å²) in [4.78, 5) is 0. The molecule has 1 aromatic carbocycles. The summed E-state index contributed by atoms with van der Waals surface area (Å²) in [5, 5.41) is 0. The van der Waals surface area contributed by atoms with Crippen LogP contribution in [0, 0.1) is 0 Å². The summed E-state index contributed by atoms with van der Waals surface area (Å²) in [7, 11) is 0.382. The van der Waals surface area contributed by atoms with Crippen LogP contribution in [0.5, 0.6) is 0 Å². The van der Waals surface area contributed by atoms with Crippen molar-refractivity contribution in [1.29, 1.82) is 0 Å². The first kappa shape index (κ1) is 26.9. The summed E-state index contributed by atoms with van der Waals surface area (Å²) in [6.45, 7) is 7.41. The zero-order valence-electron chi connectivity index (χ0n) is 17.9. The zero-order valence-corrected chi connectivity index (χ0v) is 19.9. The molecule has 0 saturated heterocycles. The molecule has 0 atom stereocenters. The third-order valence-corrected chi connectivity index (χ3v) is 4.86. The van der Waals surface area contributed by atoms with Crippen molar-refractivity contribution in [3.63, 3.8) is 0 Å². The van der Waals surface area contributed by atoms with Crippen molar-refractivity contribution in [2.24, 2.45) is 0 Å². The average Bonchev–Trinajstić information content (AvgIpc) is 2.58. The number of unbranched alkanes of at least 4 members (excludes halogenated alkanes) is 2. The smallest absolute Gasteiger partial charge is 0.380 e. The predicted molar refractivity (Wildman–Crippen MR) is 105 cm³/mol. The molecule has 0 saturated carbocycles. The molecule has 0 aliphatic heterocycles. The molecule has 0 aliphatic rings. The van der Waals surface area contributed by atoms with Gasteiger partial charge in [0.25, 0.3) is 5.97 Å². The summed E-state index contributed by atoms with van der Waals surface area (Å²) in [6.07, 6.45) is -7.81. The molecule has 3 nitrogen and oxygen atoms in total.